The standard InChI is InChI=1S/C57H74N2O3/c1-5-7-9-13-40-19-21-42(22-20-40)37-62-57-38(3)35-48(36-39(57)4)59-52-18-12-16-50-54(52)56(61)49-15-11-17-51(53(49)55(50)60)58-47-33-31-46(32-34-47)45-29-27-44(28-30-45)43-25-23-41(24-26-43)14-10-8-6-2/h11-12,15-18,31-36,40-45,58-59H,5-10,13-14,19-30,37H2,1-4H3. The molecule has 62 heavy (non-hydrogen) atoms. The highest BCUT2D eigenvalue weighted by molar-refractivity contribution is 6.32. The summed E-state index contributed by atoms with van der Waals surface area (Å²) in [6.07, 6.45) is 27.3. The molecular weight excluding hydrogens is 761 g/mol. The Balaban J connectivity index is 0.874. The average molecular weight is 835 g/mol. The first-order chi connectivity index (χ1) is 30.3. The molecule has 0 aliphatic heterocycles. The number of benzene rings is 4. The van der Waals surface area contributed by atoms with E-state index in [4.69, 9.17) is 4.74 Å². The molecule has 0 unspecified atom stereocenters. The lowest BCUT2D eigenvalue weighted by Gasteiger charge is -2.38. The summed E-state index contributed by atoms with van der Waals surface area (Å²) in [4.78, 5) is 28.7. The van der Waals surface area contributed by atoms with Crippen LogP contribution in [-0.2, 0) is 0 Å². The molecule has 5 nitrogen and oxygen atoms in total. The number of ether oxygens (including phenoxy) is 1. The zero-order valence-corrected chi connectivity index (χ0v) is 38.5. The van der Waals surface area contributed by atoms with Crippen molar-refractivity contribution in [1.29, 1.82) is 0 Å². The molecule has 0 heterocycles. The van der Waals surface area contributed by atoms with Crippen LogP contribution in [0, 0.1) is 43.4 Å². The van der Waals surface area contributed by atoms with Gasteiger partial charge in [0, 0.05) is 22.5 Å². The van der Waals surface area contributed by atoms with Crippen molar-refractivity contribution in [3.8, 4) is 5.75 Å². The molecule has 0 radical (unpaired) electrons. The predicted octanol–water partition coefficient (Wildman–Crippen LogP) is 16.0. The first kappa shape index (κ1) is 44.2. The van der Waals surface area contributed by atoms with Crippen molar-refractivity contribution >= 4 is 34.3 Å². The maximum Gasteiger partial charge on any atom is 0.196 e. The van der Waals surface area contributed by atoms with Gasteiger partial charge < -0.3 is 15.4 Å². The molecule has 0 saturated heterocycles. The Kier molecular flexibility index (Phi) is 14.9. The molecule has 3 saturated carbocycles. The topological polar surface area (TPSA) is 67.4 Å². The molecule has 0 aromatic heterocycles. The lowest BCUT2D eigenvalue weighted by Crippen LogP contribution is -2.25. The summed E-state index contributed by atoms with van der Waals surface area (Å²) < 4.78 is 6.50. The summed E-state index contributed by atoms with van der Waals surface area (Å²) in [6.45, 7) is 9.55. The number of carbonyl (C=O) groups excluding carboxylic acids is 2. The molecule has 330 valence electrons. The van der Waals surface area contributed by atoms with Crippen LogP contribution >= 0.6 is 0 Å². The SMILES string of the molecule is CCCCCC1CCC(COc2c(C)cc(Nc3cccc4c3C(=O)c3cccc(Nc5ccc(C6CCC(C7CCC(CCCCC)CC7)CC6)cc5)c3C4=O)cc2C)CC1. The van der Waals surface area contributed by atoms with Crippen LogP contribution < -0.4 is 15.4 Å². The third-order valence-corrected chi connectivity index (χ3v) is 15.7. The highest BCUT2D eigenvalue weighted by Gasteiger charge is 2.35. The number of nitrogens with one attached hydrogen (secondary N) is 2. The van der Waals surface area contributed by atoms with Gasteiger partial charge in [-0.15, -0.1) is 0 Å². The quantitative estimate of drug-likeness (QED) is 0.0914. The number of aryl methyl sites for hydroxylation is 2. The fraction of sp³-hybridized carbons (Fsp3) is 0.544. The molecule has 3 fully saturated rings. The first-order valence-corrected chi connectivity index (χ1v) is 25.0. The lowest BCUT2D eigenvalue weighted by molar-refractivity contribution is 0.0980. The molecule has 5 heteroatoms. The number of anilines is 4. The zero-order valence-electron chi connectivity index (χ0n) is 38.5. The van der Waals surface area contributed by atoms with Crippen LogP contribution in [0.3, 0.4) is 0 Å². The molecule has 4 aromatic carbocycles. The molecule has 8 rings (SSSR count). The van der Waals surface area contributed by atoms with E-state index in [2.05, 4.69) is 74.7 Å². The molecule has 0 spiro atoms. The van der Waals surface area contributed by atoms with Gasteiger partial charge in [0.1, 0.15) is 5.75 Å². The van der Waals surface area contributed by atoms with Crippen molar-refractivity contribution in [2.75, 3.05) is 17.2 Å². The molecule has 2 N–H and O–H groups in total. The number of rotatable bonds is 17. The first-order valence-electron chi connectivity index (χ1n) is 25.0. The Morgan fingerprint density at radius 1 is 0.532 bits per heavy atom. The van der Waals surface area contributed by atoms with Gasteiger partial charge in [-0.3, -0.25) is 9.59 Å². The van der Waals surface area contributed by atoms with Gasteiger partial charge in [0.05, 0.1) is 29.1 Å². The second-order valence-electron chi connectivity index (χ2n) is 20.0. The van der Waals surface area contributed by atoms with E-state index in [0.29, 0.717) is 45.5 Å². The molecule has 0 atom stereocenters. The van der Waals surface area contributed by atoms with E-state index in [0.717, 1.165) is 58.5 Å². The van der Waals surface area contributed by atoms with Gasteiger partial charge in [-0.05, 0) is 154 Å². The van der Waals surface area contributed by atoms with Crippen LogP contribution in [0.25, 0.3) is 0 Å². The Morgan fingerprint density at radius 3 is 1.52 bits per heavy atom. The van der Waals surface area contributed by atoms with Gasteiger partial charge in [-0.2, -0.15) is 0 Å². The lowest BCUT2D eigenvalue weighted by atomic mass is 9.68. The Bertz CT molecular complexity index is 2110. The maximum atomic E-state index is 14.3. The summed E-state index contributed by atoms with van der Waals surface area (Å²) in [6, 6.07) is 24.2. The summed E-state index contributed by atoms with van der Waals surface area (Å²) in [5, 5.41) is 7.05. The number of ketones is 2. The van der Waals surface area contributed by atoms with Crippen LogP contribution in [0.4, 0.5) is 22.7 Å². The van der Waals surface area contributed by atoms with Crippen LogP contribution in [0.5, 0.6) is 5.75 Å². The van der Waals surface area contributed by atoms with Crippen molar-refractivity contribution in [2.24, 2.45) is 29.6 Å². The van der Waals surface area contributed by atoms with Crippen molar-refractivity contribution < 1.29 is 14.3 Å². The van der Waals surface area contributed by atoms with Crippen molar-refractivity contribution in [2.45, 2.75) is 162 Å². The molecule has 4 aliphatic carbocycles. The molecule has 0 bridgehead atoms. The third kappa shape index (κ3) is 10.3. The maximum absolute atomic E-state index is 14.3. The smallest absolute Gasteiger partial charge is 0.196 e. The summed E-state index contributed by atoms with van der Waals surface area (Å²) in [7, 11) is 0. The van der Waals surface area contributed by atoms with E-state index in [1.54, 1.807) is 12.1 Å². The van der Waals surface area contributed by atoms with E-state index < -0.39 is 0 Å². The number of fused-ring (bicyclic) bond motifs is 2. The summed E-state index contributed by atoms with van der Waals surface area (Å²) >= 11 is 0. The minimum absolute atomic E-state index is 0.134. The fourth-order valence-corrected chi connectivity index (χ4v) is 12.0. The van der Waals surface area contributed by atoms with Crippen LogP contribution in [-0.4, -0.2) is 18.2 Å². The molecule has 0 amide bonds. The van der Waals surface area contributed by atoms with E-state index in [9.17, 15) is 9.59 Å². The van der Waals surface area contributed by atoms with E-state index >= 15 is 0 Å². The summed E-state index contributed by atoms with van der Waals surface area (Å²) in [5.41, 5.74) is 8.40. The Hall–Kier alpha value is -4.38. The van der Waals surface area contributed by atoms with E-state index in [-0.39, 0.29) is 11.6 Å². The van der Waals surface area contributed by atoms with Gasteiger partial charge in [0.15, 0.2) is 11.6 Å². The van der Waals surface area contributed by atoms with Gasteiger partial charge >= 0.3 is 0 Å². The number of hydrogen-bond donors (Lipinski definition) is 2. The Morgan fingerprint density at radius 2 is 1.00 bits per heavy atom. The predicted molar refractivity (Wildman–Crippen MR) is 258 cm³/mol. The van der Waals surface area contributed by atoms with E-state index in [1.807, 2.05) is 24.3 Å². The molecule has 4 aromatic rings. The van der Waals surface area contributed by atoms with Gasteiger partial charge in [-0.1, -0.05) is 127 Å². The summed E-state index contributed by atoms with van der Waals surface area (Å²) in [5.74, 6) is 5.65. The van der Waals surface area contributed by atoms with Crippen LogP contribution in [0.1, 0.15) is 197 Å². The van der Waals surface area contributed by atoms with Crippen molar-refractivity contribution in [3.05, 3.63) is 112 Å². The largest absolute Gasteiger partial charge is 0.493 e. The minimum atomic E-state index is -0.138. The second-order valence-corrected chi connectivity index (χ2v) is 20.0. The monoisotopic (exact) mass is 835 g/mol. The third-order valence-electron chi connectivity index (χ3n) is 15.7. The number of carbonyl (C=O) groups is 2. The van der Waals surface area contributed by atoms with Gasteiger partial charge in [0.25, 0.3) is 0 Å². The van der Waals surface area contributed by atoms with Crippen LogP contribution in [0.15, 0.2) is 72.8 Å². The highest BCUT2D eigenvalue weighted by atomic mass is 16.5. The van der Waals surface area contributed by atoms with Crippen molar-refractivity contribution in [1.82, 2.24) is 0 Å². The highest BCUT2D eigenvalue weighted by Crippen LogP contribution is 2.45. The zero-order chi connectivity index (χ0) is 43.0. The average Bonchev–Trinajstić information content (AvgIpc) is 3.29. The second kappa shape index (κ2) is 20.9. The molecular formula is C57H74N2O3. The van der Waals surface area contributed by atoms with Gasteiger partial charge in [-0.25, -0.2) is 0 Å². The fourth-order valence-electron chi connectivity index (χ4n) is 12.0. The normalized spacial score (nSPS) is 23.7. The van der Waals surface area contributed by atoms with Crippen molar-refractivity contribution in [3.63, 3.8) is 0 Å². The van der Waals surface area contributed by atoms with E-state index in [1.165, 1.54) is 134 Å². The number of hydrogen-bond acceptors (Lipinski definition) is 5. The molecule has 4 aliphatic rings. The number of unbranched alkanes of at least 4 members (excludes halogenated alkanes) is 4. The van der Waals surface area contributed by atoms with Gasteiger partial charge in [0.2, 0.25) is 0 Å². The van der Waals surface area contributed by atoms with Crippen LogP contribution in [0.2, 0.25) is 0 Å². The Labute approximate surface area is 373 Å². The minimum Gasteiger partial charge on any atom is -0.493 e.